The molecule has 0 aliphatic rings. The summed E-state index contributed by atoms with van der Waals surface area (Å²) in [4.78, 5) is 5.24. The van der Waals surface area contributed by atoms with Crippen molar-refractivity contribution in [3.63, 3.8) is 0 Å². The highest BCUT2D eigenvalue weighted by Crippen LogP contribution is 2.11. The minimum atomic E-state index is -2.26. The summed E-state index contributed by atoms with van der Waals surface area (Å²) in [6.45, 7) is 2.30. The molecule has 0 radical (unpaired) electrons. The molecule has 0 amide bonds. The molecule has 0 saturated heterocycles. The second kappa shape index (κ2) is 5.24. The number of nitrogens with one attached hydrogen (secondary N) is 1. The van der Waals surface area contributed by atoms with Crippen LogP contribution in [0.1, 0.15) is 10.6 Å². The predicted octanol–water partition coefficient (Wildman–Crippen LogP) is 1.85. The maximum Gasteiger partial charge on any atom is 0.250 e. The minimum absolute atomic E-state index is 0.224. The van der Waals surface area contributed by atoms with Crippen molar-refractivity contribution in [1.82, 2.24) is 10.3 Å². The van der Waals surface area contributed by atoms with Gasteiger partial charge in [-0.3, -0.25) is 0 Å². The molecule has 13 heavy (non-hydrogen) atoms. The van der Waals surface area contributed by atoms with Gasteiger partial charge in [0.2, 0.25) is 0 Å². The second-order valence-corrected chi connectivity index (χ2v) is 3.65. The van der Waals surface area contributed by atoms with E-state index in [9.17, 15) is 8.78 Å². The molecule has 0 fully saturated rings. The molecule has 5 heteroatoms. The molecule has 0 spiro atoms. The van der Waals surface area contributed by atoms with Gasteiger partial charge in [-0.05, 0) is 13.3 Å². The van der Waals surface area contributed by atoms with E-state index in [4.69, 9.17) is 0 Å². The molecule has 0 bridgehead atoms. The summed E-state index contributed by atoms with van der Waals surface area (Å²) in [5, 5.41) is 2.68. The average molecular weight is 206 g/mol. The average Bonchev–Trinajstić information content (AvgIpc) is 2.45. The Morgan fingerprint density at radius 3 is 2.92 bits per heavy atom. The third kappa shape index (κ3) is 3.78. The van der Waals surface area contributed by atoms with E-state index in [2.05, 4.69) is 10.3 Å². The van der Waals surface area contributed by atoms with Gasteiger partial charge in [-0.25, -0.2) is 13.8 Å². The fourth-order valence-corrected chi connectivity index (χ4v) is 1.76. The Labute approximate surface area is 80.0 Å². The van der Waals surface area contributed by atoms with Crippen molar-refractivity contribution in [3.05, 3.63) is 16.1 Å². The lowest BCUT2D eigenvalue weighted by molar-refractivity contribution is 0.146. The van der Waals surface area contributed by atoms with Gasteiger partial charge in [0.25, 0.3) is 6.43 Å². The Bertz CT molecular complexity index is 250. The predicted molar refractivity (Wildman–Crippen MR) is 49.4 cm³/mol. The molecule has 0 unspecified atom stereocenters. The fraction of sp³-hybridized carbons (Fsp3) is 0.625. The maximum absolute atomic E-state index is 11.7. The van der Waals surface area contributed by atoms with Gasteiger partial charge in [0.15, 0.2) is 0 Å². The first-order chi connectivity index (χ1) is 6.20. The molecule has 0 saturated carbocycles. The van der Waals surface area contributed by atoms with Crippen LogP contribution < -0.4 is 5.32 Å². The largest absolute Gasteiger partial charge is 0.311 e. The normalized spacial score (nSPS) is 11.1. The first-order valence-electron chi connectivity index (χ1n) is 4.08. The quantitative estimate of drug-likeness (QED) is 0.744. The summed E-state index contributed by atoms with van der Waals surface area (Å²) >= 11 is 1.57. The summed E-state index contributed by atoms with van der Waals surface area (Å²) in [5.74, 6) is 0. The van der Waals surface area contributed by atoms with Gasteiger partial charge in [0, 0.05) is 11.4 Å². The Kier molecular flexibility index (Phi) is 4.24. The Hall–Kier alpha value is -0.550. The minimum Gasteiger partial charge on any atom is -0.311 e. The summed E-state index contributed by atoms with van der Waals surface area (Å²) in [6.07, 6.45) is -1.48. The molecule has 0 aliphatic heterocycles. The smallest absolute Gasteiger partial charge is 0.250 e. The zero-order valence-corrected chi connectivity index (χ0v) is 8.20. The molecular formula is C8H12F2N2S. The lowest BCUT2D eigenvalue weighted by Gasteiger charge is -2.02. The van der Waals surface area contributed by atoms with Gasteiger partial charge < -0.3 is 5.32 Å². The molecule has 0 aliphatic carbocycles. The van der Waals surface area contributed by atoms with E-state index in [0.717, 1.165) is 12.1 Å². The van der Waals surface area contributed by atoms with E-state index in [1.54, 1.807) is 16.8 Å². The number of rotatable bonds is 5. The molecule has 1 N–H and O–H groups in total. The zero-order chi connectivity index (χ0) is 9.68. The van der Waals surface area contributed by atoms with E-state index in [1.807, 2.05) is 6.92 Å². The van der Waals surface area contributed by atoms with E-state index in [0.29, 0.717) is 6.54 Å². The summed E-state index contributed by atoms with van der Waals surface area (Å²) in [5.41, 5.74) is 2.78. The molecule has 2 nitrogen and oxygen atoms in total. The summed E-state index contributed by atoms with van der Waals surface area (Å²) in [7, 11) is 0. The molecule has 1 rings (SSSR count). The third-order valence-electron chi connectivity index (χ3n) is 1.67. The van der Waals surface area contributed by atoms with Crippen LogP contribution in [0.3, 0.4) is 0 Å². The third-order valence-corrected chi connectivity index (χ3v) is 2.67. The highest BCUT2D eigenvalue weighted by atomic mass is 32.1. The van der Waals surface area contributed by atoms with Crippen LogP contribution in [0.25, 0.3) is 0 Å². The van der Waals surface area contributed by atoms with Crippen LogP contribution in [0.4, 0.5) is 8.78 Å². The monoisotopic (exact) mass is 206 g/mol. The first-order valence-corrected chi connectivity index (χ1v) is 4.96. The van der Waals surface area contributed by atoms with Crippen LogP contribution in [0, 0.1) is 6.92 Å². The van der Waals surface area contributed by atoms with Crippen molar-refractivity contribution in [2.24, 2.45) is 0 Å². The van der Waals surface area contributed by atoms with Crippen LogP contribution in [0.5, 0.6) is 0 Å². The van der Waals surface area contributed by atoms with Gasteiger partial charge in [-0.15, -0.1) is 11.3 Å². The van der Waals surface area contributed by atoms with Crippen LogP contribution in [0.15, 0.2) is 5.51 Å². The van der Waals surface area contributed by atoms with Crippen LogP contribution >= 0.6 is 11.3 Å². The van der Waals surface area contributed by atoms with Gasteiger partial charge in [0.1, 0.15) is 0 Å². The number of hydrogen-bond acceptors (Lipinski definition) is 3. The van der Waals surface area contributed by atoms with E-state index in [-0.39, 0.29) is 6.54 Å². The standard InChI is InChI=1S/C8H12F2N2S/c1-6-7(13-5-12-6)2-3-11-4-8(9)10/h5,8,11H,2-4H2,1H3. The van der Waals surface area contributed by atoms with Crippen molar-refractivity contribution in [1.29, 1.82) is 0 Å². The van der Waals surface area contributed by atoms with E-state index < -0.39 is 6.43 Å². The van der Waals surface area contributed by atoms with Crippen LogP contribution in [-0.4, -0.2) is 24.5 Å². The number of alkyl halides is 2. The lowest BCUT2D eigenvalue weighted by atomic mass is 10.3. The van der Waals surface area contributed by atoms with Gasteiger partial charge in [-0.2, -0.15) is 0 Å². The Morgan fingerprint density at radius 1 is 1.62 bits per heavy atom. The van der Waals surface area contributed by atoms with Crippen molar-refractivity contribution >= 4 is 11.3 Å². The molecular weight excluding hydrogens is 194 g/mol. The number of nitrogens with zero attached hydrogens (tertiary/aromatic N) is 1. The summed E-state index contributed by atoms with van der Waals surface area (Å²) < 4.78 is 23.4. The van der Waals surface area contributed by atoms with Gasteiger partial charge in [0.05, 0.1) is 17.7 Å². The lowest BCUT2D eigenvalue weighted by Crippen LogP contribution is -2.23. The van der Waals surface area contributed by atoms with Crippen molar-refractivity contribution in [2.45, 2.75) is 19.8 Å². The maximum atomic E-state index is 11.7. The molecule has 74 valence electrons. The second-order valence-electron chi connectivity index (χ2n) is 2.71. The number of hydrogen-bond donors (Lipinski definition) is 1. The van der Waals surface area contributed by atoms with Crippen molar-refractivity contribution in [3.8, 4) is 0 Å². The highest BCUT2D eigenvalue weighted by molar-refractivity contribution is 7.09. The van der Waals surface area contributed by atoms with E-state index in [1.165, 1.54) is 4.88 Å². The number of aromatic nitrogens is 1. The number of aryl methyl sites for hydroxylation is 1. The molecule has 1 aromatic heterocycles. The van der Waals surface area contributed by atoms with Crippen LogP contribution in [-0.2, 0) is 6.42 Å². The first kappa shape index (κ1) is 10.5. The van der Waals surface area contributed by atoms with E-state index >= 15 is 0 Å². The molecule has 1 heterocycles. The fourth-order valence-electron chi connectivity index (χ4n) is 0.979. The van der Waals surface area contributed by atoms with Crippen molar-refractivity contribution in [2.75, 3.05) is 13.1 Å². The van der Waals surface area contributed by atoms with Crippen molar-refractivity contribution < 1.29 is 8.78 Å². The molecule has 0 atom stereocenters. The highest BCUT2D eigenvalue weighted by Gasteiger charge is 2.03. The molecule has 1 aromatic rings. The SMILES string of the molecule is Cc1ncsc1CCNCC(F)F. The Balaban J connectivity index is 2.17. The zero-order valence-electron chi connectivity index (χ0n) is 7.39. The van der Waals surface area contributed by atoms with Crippen LogP contribution in [0.2, 0.25) is 0 Å². The molecule has 0 aromatic carbocycles. The topological polar surface area (TPSA) is 24.9 Å². The summed E-state index contributed by atoms with van der Waals surface area (Å²) in [6, 6.07) is 0. The number of thiazole rings is 1. The van der Waals surface area contributed by atoms with Gasteiger partial charge >= 0.3 is 0 Å². The Morgan fingerprint density at radius 2 is 2.38 bits per heavy atom. The van der Waals surface area contributed by atoms with Gasteiger partial charge in [-0.1, -0.05) is 0 Å². The number of halogens is 2.